The maximum Gasteiger partial charge on any atom is 0.0721 e. The number of rotatable bonds is 4. The minimum atomic E-state index is 0.266. The Kier molecular flexibility index (Phi) is 3.96. The Morgan fingerprint density at radius 2 is 2.07 bits per heavy atom. The van der Waals surface area contributed by atoms with Crippen molar-refractivity contribution in [2.24, 2.45) is 0 Å². The molecular formula is C12H19NO. The number of hydrogen-bond acceptors (Lipinski definition) is 2. The van der Waals surface area contributed by atoms with Crippen LogP contribution in [0.2, 0.25) is 0 Å². The molecule has 2 nitrogen and oxygen atoms in total. The van der Waals surface area contributed by atoms with Crippen molar-refractivity contribution in [1.29, 1.82) is 0 Å². The van der Waals surface area contributed by atoms with Crippen LogP contribution in [-0.2, 0) is 17.8 Å². The lowest BCUT2D eigenvalue weighted by atomic mass is 10.1. The van der Waals surface area contributed by atoms with Crippen LogP contribution < -0.4 is 5.73 Å². The lowest BCUT2D eigenvalue weighted by Crippen LogP contribution is -2.03. The van der Waals surface area contributed by atoms with E-state index in [1.165, 1.54) is 5.56 Å². The molecule has 14 heavy (non-hydrogen) atoms. The van der Waals surface area contributed by atoms with E-state index in [1.807, 2.05) is 19.9 Å². The van der Waals surface area contributed by atoms with Crippen LogP contribution in [0.4, 0.5) is 5.69 Å². The van der Waals surface area contributed by atoms with Crippen LogP contribution in [0.3, 0.4) is 0 Å². The van der Waals surface area contributed by atoms with Crippen molar-refractivity contribution in [2.75, 3.05) is 5.73 Å². The Bertz CT molecular complexity index is 294. The van der Waals surface area contributed by atoms with Gasteiger partial charge in [0, 0.05) is 5.69 Å². The van der Waals surface area contributed by atoms with Crippen LogP contribution in [0.5, 0.6) is 0 Å². The molecule has 2 heteroatoms. The molecule has 0 amide bonds. The fourth-order valence-electron chi connectivity index (χ4n) is 1.32. The zero-order chi connectivity index (χ0) is 10.6. The summed E-state index contributed by atoms with van der Waals surface area (Å²) in [6.45, 7) is 6.81. The van der Waals surface area contributed by atoms with Crippen LogP contribution in [-0.4, -0.2) is 6.10 Å². The largest absolute Gasteiger partial charge is 0.398 e. The van der Waals surface area contributed by atoms with Gasteiger partial charge in [-0.3, -0.25) is 0 Å². The van der Waals surface area contributed by atoms with Crippen LogP contribution in [0.25, 0.3) is 0 Å². The summed E-state index contributed by atoms with van der Waals surface area (Å²) >= 11 is 0. The number of anilines is 1. The van der Waals surface area contributed by atoms with Crippen molar-refractivity contribution in [2.45, 2.75) is 39.9 Å². The van der Waals surface area contributed by atoms with Gasteiger partial charge in [0.25, 0.3) is 0 Å². The van der Waals surface area contributed by atoms with Gasteiger partial charge in [0.05, 0.1) is 12.7 Å². The molecule has 0 aromatic heterocycles. The third-order valence-electron chi connectivity index (χ3n) is 2.17. The average molecular weight is 193 g/mol. The molecule has 0 atom stereocenters. The van der Waals surface area contributed by atoms with E-state index < -0.39 is 0 Å². The normalized spacial score (nSPS) is 10.9. The van der Waals surface area contributed by atoms with Gasteiger partial charge in [-0.1, -0.05) is 19.1 Å². The standard InChI is InChI=1S/C12H19NO/c1-4-11-6-5-10(7-12(11)13)8-14-9(2)3/h5-7,9H,4,8,13H2,1-3H3. The highest BCUT2D eigenvalue weighted by atomic mass is 16.5. The average Bonchev–Trinajstić information content (AvgIpc) is 2.15. The van der Waals surface area contributed by atoms with Crippen molar-refractivity contribution >= 4 is 5.69 Å². The molecule has 1 aromatic rings. The van der Waals surface area contributed by atoms with Gasteiger partial charge in [-0.15, -0.1) is 0 Å². The quantitative estimate of drug-likeness (QED) is 0.746. The maximum absolute atomic E-state index is 5.88. The van der Waals surface area contributed by atoms with E-state index in [2.05, 4.69) is 19.1 Å². The second-order valence-electron chi connectivity index (χ2n) is 3.75. The summed E-state index contributed by atoms with van der Waals surface area (Å²) in [6.07, 6.45) is 1.25. The SMILES string of the molecule is CCc1ccc(COC(C)C)cc1N. The van der Waals surface area contributed by atoms with Gasteiger partial charge in [-0.25, -0.2) is 0 Å². The molecule has 0 saturated carbocycles. The molecule has 1 aromatic carbocycles. The molecule has 0 heterocycles. The van der Waals surface area contributed by atoms with Crippen LogP contribution in [0, 0.1) is 0 Å². The zero-order valence-corrected chi connectivity index (χ0v) is 9.21. The fourth-order valence-corrected chi connectivity index (χ4v) is 1.32. The lowest BCUT2D eigenvalue weighted by Gasteiger charge is -2.09. The highest BCUT2D eigenvalue weighted by Gasteiger charge is 2.00. The maximum atomic E-state index is 5.88. The number of benzene rings is 1. The molecule has 0 bridgehead atoms. The Labute approximate surface area is 86.1 Å². The summed E-state index contributed by atoms with van der Waals surface area (Å²) < 4.78 is 5.50. The number of nitrogens with two attached hydrogens (primary N) is 1. The predicted octanol–water partition coefficient (Wildman–Crippen LogP) is 2.76. The summed E-state index contributed by atoms with van der Waals surface area (Å²) in [7, 11) is 0. The molecule has 0 aliphatic heterocycles. The van der Waals surface area contributed by atoms with Crippen molar-refractivity contribution < 1.29 is 4.74 Å². The third-order valence-corrected chi connectivity index (χ3v) is 2.17. The lowest BCUT2D eigenvalue weighted by molar-refractivity contribution is 0.0657. The number of hydrogen-bond donors (Lipinski definition) is 1. The van der Waals surface area contributed by atoms with E-state index in [1.54, 1.807) is 0 Å². The predicted molar refractivity (Wildman–Crippen MR) is 60.2 cm³/mol. The zero-order valence-electron chi connectivity index (χ0n) is 9.21. The van der Waals surface area contributed by atoms with Crippen molar-refractivity contribution in [1.82, 2.24) is 0 Å². The minimum Gasteiger partial charge on any atom is -0.398 e. The molecule has 0 saturated heterocycles. The van der Waals surface area contributed by atoms with Gasteiger partial charge in [0.1, 0.15) is 0 Å². The fraction of sp³-hybridized carbons (Fsp3) is 0.500. The molecule has 78 valence electrons. The first-order valence-electron chi connectivity index (χ1n) is 5.12. The first kappa shape index (κ1) is 11.1. The molecular weight excluding hydrogens is 174 g/mol. The van der Waals surface area contributed by atoms with Gasteiger partial charge in [0.2, 0.25) is 0 Å². The van der Waals surface area contributed by atoms with Crippen LogP contribution in [0.15, 0.2) is 18.2 Å². The molecule has 0 unspecified atom stereocenters. The Balaban J connectivity index is 2.66. The second kappa shape index (κ2) is 5.01. The summed E-state index contributed by atoms with van der Waals surface area (Å²) in [6, 6.07) is 6.16. The monoisotopic (exact) mass is 193 g/mol. The molecule has 1 rings (SSSR count). The Morgan fingerprint density at radius 1 is 1.36 bits per heavy atom. The summed E-state index contributed by atoms with van der Waals surface area (Å²) in [4.78, 5) is 0. The van der Waals surface area contributed by atoms with E-state index in [0.717, 1.165) is 17.7 Å². The van der Waals surface area contributed by atoms with Crippen molar-refractivity contribution in [3.63, 3.8) is 0 Å². The Morgan fingerprint density at radius 3 is 2.57 bits per heavy atom. The van der Waals surface area contributed by atoms with Gasteiger partial charge in [-0.2, -0.15) is 0 Å². The topological polar surface area (TPSA) is 35.2 Å². The van der Waals surface area contributed by atoms with E-state index in [0.29, 0.717) is 6.61 Å². The van der Waals surface area contributed by atoms with Gasteiger partial charge < -0.3 is 10.5 Å². The van der Waals surface area contributed by atoms with Gasteiger partial charge in [-0.05, 0) is 37.5 Å². The number of ether oxygens (including phenoxy) is 1. The second-order valence-corrected chi connectivity index (χ2v) is 3.75. The first-order chi connectivity index (χ1) is 6.63. The third kappa shape index (κ3) is 3.04. The molecule has 0 spiro atoms. The van der Waals surface area contributed by atoms with Crippen LogP contribution >= 0.6 is 0 Å². The van der Waals surface area contributed by atoms with Gasteiger partial charge >= 0.3 is 0 Å². The van der Waals surface area contributed by atoms with E-state index >= 15 is 0 Å². The van der Waals surface area contributed by atoms with E-state index in [4.69, 9.17) is 10.5 Å². The van der Waals surface area contributed by atoms with Crippen LogP contribution in [0.1, 0.15) is 31.9 Å². The molecule has 0 fully saturated rings. The first-order valence-corrected chi connectivity index (χ1v) is 5.12. The van der Waals surface area contributed by atoms with E-state index in [-0.39, 0.29) is 6.10 Å². The molecule has 0 aliphatic rings. The summed E-state index contributed by atoms with van der Waals surface area (Å²) in [5, 5.41) is 0. The molecule has 2 N–H and O–H groups in total. The smallest absolute Gasteiger partial charge is 0.0721 e. The van der Waals surface area contributed by atoms with E-state index in [9.17, 15) is 0 Å². The van der Waals surface area contributed by atoms with Crippen molar-refractivity contribution in [3.05, 3.63) is 29.3 Å². The molecule has 0 radical (unpaired) electrons. The number of aryl methyl sites for hydroxylation is 1. The minimum absolute atomic E-state index is 0.266. The van der Waals surface area contributed by atoms with Crippen molar-refractivity contribution in [3.8, 4) is 0 Å². The Hall–Kier alpha value is -1.02. The highest BCUT2D eigenvalue weighted by molar-refractivity contribution is 5.49. The number of nitrogen functional groups attached to an aromatic ring is 1. The molecule has 0 aliphatic carbocycles. The summed E-state index contributed by atoms with van der Waals surface area (Å²) in [5.74, 6) is 0. The van der Waals surface area contributed by atoms with Gasteiger partial charge in [0.15, 0.2) is 0 Å². The highest BCUT2D eigenvalue weighted by Crippen LogP contribution is 2.15. The summed E-state index contributed by atoms with van der Waals surface area (Å²) in [5.41, 5.74) is 9.11.